The topological polar surface area (TPSA) is 12.0 Å². The number of nitrogens with one attached hydrogen (secondary N) is 1. The first-order valence-electron chi connectivity index (χ1n) is 7.18. The molecule has 1 aliphatic carbocycles. The molecule has 1 nitrogen and oxygen atoms in total. The molecular formula is C16H24ClN. The number of hydrogen-bond acceptors (Lipinski definition) is 1. The van der Waals surface area contributed by atoms with Crippen molar-refractivity contribution in [1.82, 2.24) is 5.32 Å². The molecule has 1 aromatic carbocycles. The summed E-state index contributed by atoms with van der Waals surface area (Å²) in [4.78, 5) is 0. The van der Waals surface area contributed by atoms with Gasteiger partial charge in [-0.3, -0.25) is 0 Å². The second-order valence-electron chi connectivity index (χ2n) is 5.32. The SMILES string of the molecule is CNC(CCCl)c1ccc(C2CCCCC2)cc1. The normalized spacial score (nSPS) is 18.8. The van der Waals surface area contributed by atoms with Crippen molar-refractivity contribution in [2.45, 2.75) is 50.5 Å². The highest BCUT2D eigenvalue weighted by molar-refractivity contribution is 6.17. The van der Waals surface area contributed by atoms with Crippen molar-refractivity contribution in [3.63, 3.8) is 0 Å². The lowest BCUT2D eigenvalue weighted by Gasteiger charge is -2.23. The van der Waals surface area contributed by atoms with Gasteiger partial charge in [-0.15, -0.1) is 11.6 Å². The number of rotatable bonds is 5. The van der Waals surface area contributed by atoms with E-state index in [1.807, 2.05) is 7.05 Å². The van der Waals surface area contributed by atoms with Crippen LogP contribution >= 0.6 is 11.6 Å². The van der Waals surface area contributed by atoms with Gasteiger partial charge in [-0.2, -0.15) is 0 Å². The summed E-state index contributed by atoms with van der Waals surface area (Å²) in [6, 6.07) is 9.59. The van der Waals surface area contributed by atoms with Crippen LogP contribution in [0.5, 0.6) is 0 Å². The van der Waals surface area contributed by atoms with E-state index in [1.54, 1.807) is 0 Å². The Kier molecular flexibility index (Phi) is 5.52. The monoisotopic (exact) mass is 265 g/mol. The Bertz CT molecular complexity index is 317. The van der Waals surface area contributed by atoms with Gasteiger partial charge in [0.2, 0.25) is 0 Å². The van der Waals surface area contributed by atoms with Gasteiger partial charge in [0.1, 0.15) is 0 Å². The van der Waals surface area contributed by atoms with E-state index < -0.39 is 0 Å². The Morgan fingerprint density at radius 3 is 2.39 bits per heavy atom. The maximum absolute atomic E-state index is 5.84. The zero-order chi connectivity index (χ0) is 12.8. The van der Waals surface area contributed by atoms with Crippen LogP contribution in [0.3, 0.4) is 0 Å². The minimum atomic E-state index is 0.392. The van der Waals surface area contributed by atoms with Crippen LogP contribution in [0.15, 0.2) is 24.3 Å². The smallest absolute Gasteiger partial charge is 0.0328 e. The highest BCUT2D eigenvalue weighted by Gasteiger charge is 2.16. The first-order valence-corrected chi connectivity index (χ1v) is 7.71. The van der Waals surface area contributed by atoms with Crippen molar-refractivity contribution < 1.29 is 0 Å². The third-order valence-electron chi connectivity index (χ3n) is 4.16. The number of hydrogen-bond donors (Lipinski definition) is 1. The Morgan fingerprint density at radius 2 is 1.83 bits per heavy atom. The Morgan fingerprint density at radius 1 is 1.17 bits per heavy atom. The van der Waals surface area contributed by atoms with Crippen molar-refractivity contribution in [3.05, 3.63) is 35.4 Å². The van der Waals surface area contributed by atoms with E-state index in [0.29, 0.717) is 11.9 Å². The largest absolute Gasteiger partial charge is 0.313 e. The van der Waals surface area contributed by atoms with Crippen LogP contribution in [0.25, 0.3) is 0 Å². The fourth-order valence-corrected chi connectivity index (χ4v) is 3.24. The van der Waals surface area contributed by atoms with Gasteiger partial charge in [0, 0.05) is 11.9 Å². The molecule has 0 saturated heterocycles. The van der Waals surface area contributed by atoms with E-state index in [0.717, 1.165) is 12.3 Å². The number of benzene rings is 1. The third kappa shape index (κ3) is 3.49. The van der Waals surface area contributed by atoms with Gasteiger partial charge in [0.15, 0.2) is 0 Å². The average Bonchev–Trinajstić information content (AvgIpc) is 2.46. The summed E-state index contributed by atoms with van der Waals surface area (Å²) >= 11 is 5.84. The summed E-state index contributed by atoms with van der Waals surface area (Å²) in [7, 11) is 2.01. The van der Waals surface area contributed by atoms with Gasteiger partial charge in [0.05, 0.1) is 0 Å². The van der Waals surface area contributed by atoms with Gasteiger partial charge >= 0.3 is 0 Å². The molecule has 1 aromatic rings. The second-order valence-corrected chi connectivity index (χ2v) is 5.70. The predicted molar refractivity (Wildman–Crippen MR) is 79.4 cm³/mol. The Labute approximate surface area is 116 Å². The lowest BCUT2D eigenvalue weighted by molar-refractivity contribution is 0.443. The van der Waals surface area contributed by atoms with Gasteiger partial charge in [-0.05, 0) is 43.4 Å². The van der Waals surface area contributed by atoms with Gasteiger partial charge < -0.3 is 5.32 Å². The highest BCUT2D eigenvalue weighted by Crippen LogP contribution is 2.33. The molecule has 18 heavy (non-hydrogen) atoms. The van der Waals surface area contributed by atoms with Crippen molar-refractivity contribution in [2.24, 2.45) is 0 Å². The van der Waals surface area contributed by atoms with Crippen LogP contribution in [0.2, 0.25) is 0 Å². The first-order chi connectivity index (χ1) is 8.85. The van der Waals surface area contributed by atoms with E-state index in [-0.39, 0.29) is 0 Å². The van der Waals surface area contributed by atoms with Crippen LogP contribution in [-0.2, 0) is 0 Å². The summed E-state index contributed by atoms with van der Waals surface area (Å²) in [5, 5.41) is 3.33. The summed E-state index contributed by atoms with van der Waals surface area (Å²) in [6.07, 6.45) is 7.95. The fraction of sp³-hybridized carbons (Fsp3) is 0.625. The molecule has 0 aliphatic heterocycles. The van der Waals surface area contributed by atoms with Crippen molar-refractivity contribution in [1.29, 1.82) is 0 Å². The second kappa shape index (κ2) is 7.16. The Hall–Kier alpha value is -0.530. The van der Waals surface area contributed by atoms with E-state index in [4.69, 9.17) is 11.6 Å². The molecule has 1 unspecified atom stereocenters. The molecule has 100 valence electrons. The quantitative estimate of drug-likeness (QED) is 0.766. The molecule has 2 heteroatoms. The maximum Gasteiger partial charge on any atom is 0.0328 e. The van der Waals surface area contributed by atoms with E-state index in [1.165, 1.54) is 43.2 Å². The average molecular weight is 266 g/mol. The van der Waals surface area contributed by atoms with Crippen LogP contribution in [0.1, 0.15) is 61.6 Å². The summed E-state index contributed by atoms with van der Waals surface area (Å²) in [5.74, 6) is 1.50. The fourth-order valence-electron chi connectivity index (χ4n) is 3.02. The number of alkyl halides is 1. The molecular weight excluding hydrogens is 242 g/mol. The van der Waals surface area contributed by atoms with Crippen LogP contribution in [-0.4, -0.2) is 12.9 Å². The molecule has 1 fully saturated rings. The highest BCUT2D eigenvalue weighted by atomic mass is 35.5. The van der Waals surface area contributed by atoms with E-state index in [2.05, 4.69) is 29.6 Å². The molecule has 2 rings (SSSR count). The zero-order valence-corrected chi connectivity index (χ0v) is 12.0. The van der Waals surface area contributed by atoms with E-state index >= 15 is 0 Å². The third-order valence-corrected chi connectivity index (χ3v) is 4.38. The molecule has 0 radical (unpaired) electrons. The maximum atomic E-state index is 5.84. The minimum absolute atomic E-state index is 0.392. The summed E-state index contributed by atoms with van der Waals surface area (Å²) < 4.78 is 0. The van der Waals surface area contributed by atoms with Crippen molar-refractivity contribution in [3.8, 4) is 0 Å². The zero-order valence-electron chi connectivity index (χ0n) is 11.3. The molecule has 0 heterocycles. The van der Waals surface area contributed by atoms with Crippen LogP contribution in [0, 0.1) is 0 Å². The molecule has 1 atom stereocenters. The molecule has 0 bridgehead atoms. The lowest BCUT2D eigenvalue weighted by atomic mass is 9.83. The summed E-state index contributed by atoms with van der Waals surface area (Å²) in [5.41, 5.74) is 2.89. The predicted octanol–water partition coefficient (Wildman–Crippen LogP) is 4.62. The standard InChI is InChI=1S/C16H24ClN/c1-18-16(11-12-17)15-9-7-14(8-10-15)13-5-3-2-4-6-13/h7-10,13,16,18H,2-6,11-12H2,1H3. The molecule has 0 aromatic heterocycles. The van der Waals surface area contributed by atoms with Gasteiger partial charge in [-0.1, -0.05) is 43.5 Å². The molecule has 0 spiro atoms. The Balaban J connectivity index is 2.03. The van der Waals surface area contributed by atoms with Gasteiger partial charge in [-0.25, -0.2) is 0 Å². The lowest BCUT2D eigenvalue weighted by Crippen LogP contribution is -2.16. The molecule has 0 amide bonds. The summed E-state index contributed by atoms with van der Waals surface area (Å²) in [6.45, 7) is 0. The minimum Gasteiger partial charge on any atom is -0.313 e. The molecule has 1 aliphatic rings. The first kappa shape index (κ1) is 13.9. The van der Waals surface area contributed by atoms with Crippen molar-refractivity contribution in [2.75, 3.05) is 12.9 Å². The van der Waals surface area contributed by atoms with Crippen LogP contribution in [0.4, 0.5) is 0 Å². The van der Waals surface area contributed by atoms with Crippen LogP contribution < -0.4 is 5.32 Å². The van der Waals surface area contributed by atoms with E-state index in [9.17, 15) is 0 Å². The van der Waals surface area contributed by atoms with Crippen molar-refractivity contribution >= 4 is 11.6 Å². The van der Waals surface area contributed by atoms with Gasteiger partial charge in [0.25, 0.3) is 0 Å². The number of halogens is 1. The molecule has 1 saturated carbocycles. The molecule has 1 N–H and O–H groups in total.